The van der Waals surface area contributed by atoms with Crippen molar-refractivity contribution in [1.29, 1.82) is 0 Å². The summed E-state index contributed by atoms with van der Waals surface area (Å²) in [5, 5.41) is 22.8. The van der Waals surface area contributed by atoms with Gasteiger partial charge < -0.3 is 30.3 Å². The number of carbonyl (C=O) groups is 3. The summed E-state index contributed by atoms with van der Waals surface area (Å²) in [6.45, 7) is 1.88. The Morgan fingerprint density at radius 3 is 2.15 bits per heavy atom. The number of rotatable bonds is 11. The quantitative estimate of drug-likeness (QED) is 0.406. The predicted octanol–water partition coefficient (Wildman–Crippen LogP) is 1.88. The topological polar surface area (TPSA) is 134 Å². The summed E-state index contributed by atoms with van der Waals surface area (Å²) in [7, 11) is 0. The third-order valence-electron chi connectivity index (χ3n) is 5.41. The number of aliphatic carboxylic acids is 1. The number of benzene rings is 2. The van der Waals surface area contributed by atoms with Crippen LogP contribution in [0.1, 0.15) is 30.4 Å². The van der Waals surface area contributed by atoms with E-state index < -0.39 is 36.7 Å². The van der Waals surface area contributed by atoms with Gasteiger partial charge in [0.15, 0.2) is 6.10 Å². The van der Waals surface area contributed by atoms with Gasteiger partial charge in [-0.2, -0.15) is 0 Å². The molecular weight excluding hydrogens is 428 g/mol. The Bertz CT molecular complexity index is 949. The number of alkyl carbamates (subject to hydrolysis) is 1. The van der Waals surface area contributed by atoms with E-state index in [0.29, 0.717) is 6.61 Å². The summed E-state index contributed by atoms with van der Waals surface area (Å²) in [5.41, 5.74) is 4.49. The number of carboxylic acid groups (broad SMARTS) is 1. The number of carbonyl (C=O) groups excluding carboxylic acids is 2. The number of fused-ring (bicyclic) bond motifs is 3. The predicted molar refractivity (Wildman–Crippen MR) is 120 cm³/mol. The summed E-state index contributed by atoms with van der Waals surface area (Å²) in [4.78, 5) is 34.9. The van der Waals surface area contributed by atoms with Crippen LogP contribution in [-0.4, -0.2) is 66.7 Å². The first kappa shape index (κ1) is 24.2. The highest BCUT2D eigenvalue weighted by Crippen LogP contribution is 2.44. The minimum absolute atomic E-state index is 0.0411. The zero-order valence-corrected chi connectivity index (χ0v) is 18.3. The van der Waals surface area contributed by atoms with Gasteiger partial charge in [0.1, 0.15) is 6.61 Å². The molecule has 0 aliphatic heterocycles. The van der Waals surface area contributed by atoms with Gasteiger partial charge in [-0.05, 0) is 29.2 Å². The van der Waals surface area contributed by atoms with Crippen LogP contribution in [-0.2, 0) is 19.1 Å². The second-order valence-corrected chi connectivity index (χ2v) is 7.65. The lowest BCUT2D eigenvalue weighted by Gasteiger charge is -2.19. The van der Waals surface area contributed by atoms with Crippen molar-refractivity contribution in [3.8, 4) is 11.1 Å². The maximum Gasteiger partial charge on any atom is 0.407 e. The Kier molecular flexibility index (Phi) is 8.39. The van der Waals surface area contributed by atoms with Crippen LogP contribution in [0.2, 0.25) is 0 Å². The normalized spacial score (nSPS) is 14.0. The Morgan fingerprint density at radius 1 is 0.970 bits per heavy atom. The minimum atomic E-state index is -1.68. The Morgan fingerprint density at radius 2 is 1.58 bits per heavy atom. The maximum atomic E-state index is 12.3. The van der Waals surface area contributed by atoms with Crippen LogP contribution in [0.15, 0.2) is 48.5 Å². The molecule has 0 radical (unpaired) electrons. The van der Waals surface area contributed by atoms with Gasteiger partial charge in [0, 0.05) is 19.1 Å². The first-order valence-corrected chi connectivity index (χ1v) is 10.8. The number of aliphatic hydroxyl groups excluding tert-OH is 1. The average Bonchev–Trinajstić information content (AvgIpc) is 3.13. The molecule has 9 heteroatoms. The van der Waals surface area contributed by atoms with E-state index in [1.165, 1.54) is 0 Å². The molecule has 176 valence electrons. The second kappa shape index (κ2) is 11.4. The fourth-order valence-electron chi connectivity index (χ4n) is 3.85. The molecule has 1 aliphatic rings. The zero-order valence-electron chi connectivity index (χ0n) is 18.3. The summed E-state index contributed by atoms with van der Waals surface area (Å²) in [6.07, 6.45) is -3.04. The van der Waals surface area contributed by atoms with Crippen LogP contribution in [0.25, 0.3) is 11.1 Å². The Labute approximate surface area is 191 Å². The van der Waals surface area contributed by atoms with Crippen LogP contribution >= 0.6 is 0 Å². The van der Waals surface area contributed by atoms with E-state index in [1.54, 1.807) is 6.92 Å². The van der Waals surface area contributed by atoms with Gasteiger partial charge in [0.05, 0.1) is 19.1 Å². The summed E-state index contributed by atoms with van der Waals surface area (Å²) in [6, 6.07) is 16.1. The van der Waals surface area contributed by atoms with Crippen molar-refractivity contribution in [2.45, 2.75) is 31.5 Å². The van der Waals surface area contributed by atoms with Crippen molar-refractivity contribution in [3.05, 3.63) is 59.7 Å². The van der Waals surface area contributed by atoms with Gasteiger partial charge in [-0.15, -0.1) is 0 Å². The van der Waals surface area contributed by atoms with Gasteiger partial charge >= 0.3 is 12.1 Å². The van der Waals surface area contributed by atoms with Crippen LogP contribution in [0.3, 0.4) is 0 Å². The largest absolute Gasteiger partial charge is 0.479 e. The van der Waals surface area contributed by atoms with Crippen molar-refractivity contribution in [3.63, 3.8) is 0 Å². The maximum absolute atomic E-state index is 12.3. The van der Waals surface area contributed by atoms with Crippen molar-refractivity contribution in [2.24, 2.45) is 0 Å². The lowest BCUT2D eigenvalue weighted by atomic mass is 9.98. The molecule has 2 atom stereocenters. The smallest absolute Gasteiger partial charge is 0.407 e. The lowest BCUT2D eigenvalue weighted by Crippen LogP contribution is -2.41. The molecule has 2 amide bonds. The molecule has 0 heterocycles. The van der Waals surface area contributed by atoms with E-state index in [2.05, 4.69) is 22.8 Å². The molecule has 2 aromatic rings. The fourth-order valence-corrected chi connectivity index (χ4v) is 3.85. The van der Waals surface area contributed by atoms with Crippen LogP contribution < -0.4 is 10.6 Å². The lowest BCUT2D eigenvalue weighted by molar-refractivity contribution is -0.146. The van der Waals surface area contributed by atoms with Gasteiger partial charge in [-0.3, -0.25) is 4.79 Å². The standard InChI is InChI=1S/C24H28N2O7/c1-2-32-15(11-22(28)25-13-21(27)23(29)30)12-26-24(31)33-14-20-18-9-5-3-7-16(18)17-8-4-6-10-19(17)20/h3-10,15,20-21,27H,2,11-14H2,1H3,(H,25,28)(H,26,31)(H,29,30). The van der Waals surface area contributed by atoms with Gasteiger partial charge in [-0.1, -0.05) is 48.5 Å². The highest BCUT2D eigenvalue weighted by molar-refractivity contribution is 5.79. The van der Waals surface area contributed by atoms with Gasteiger partial charge in [-0.25, -0.2) is 9.59 Å². The van der Waals surface area contributed by atoms with Crippen molar-refractivity contribution < 1.29 is 34.1 Å². The summed E-state index contributed by atoms with van der Waals surface area (Å²) in [5.74, 6) is -1.98. The molecule has 2 aromatic carbocycles. The molecular formula is C24H28N2O7. The van der Waals surface area contributed by atoms with E-state index in [0.717, 1.165) is 22.3 Å². The third kappa shape index (κ3) is 6.30. The molecule has 0 saturated carbocycles. The second-order valence-electron chi connectivity index (χ2n) is 7.65. The van der Waals surface area contributed by atoms with Gasteiger partial charge in [0.2, 0.25) is 5.91 Å². The average molecular weight is 456 g/mol. The van der Waals surface area contributed by atoms with E-state index in [4.69, 9.17) is 14.6 Å². The van der Waals surface area contributed by atoms with Crippen molar-refractivity contribution in [2.75, 3.05) is 26.3 Å². The first-order valence-electron chi connectivity index (χ1n) is 10.8. The van der Waals surface area contributed by atoms with E-state index in [1.807, 2.05) is 36.4 Å². The van der Waals surface area contributed by atoms with E-state index >= 15 is 0 Å². The Hall–Kier alpha value is -3.43. The number of carboxylic acids is 1. The highest BCUT2D eigenvalue weighted by atomic mass is 16.5. The van der Waals surface area contributed by atoms with Crippen molar-refractivity contribution >= 4 is 18.0 Å². The number of hydrogen-bond acceptors (Lipinski definition) is 6. The monoisotopic (exact) mass is 456 g/mol. The molecule has 3 rings (SSSR count). The number of nitrogens with one attached hydrogen (secondary N) is 2. The van der Waals surface area contributed by atoms with E-state index in [-0.39, 0.29) is 25.5 Å². The highest BCUT2D eigenvalue weighted by Gasteiger charge is 2.29. The summed E-state index contributed by atoms with van der Waals surface area (Å²) >= 11 is 0. The van der Waals surface area contributed by atoms with Crippen LogP contribution in [0, 0.1) is 0 Å². The molecule has 0 fully saturated rings. The van der Waals surface area contributed by atoms with E-state index in [9.17, 15) is 19.5 Å². The summed E-state index contributed by atoms with van der Waals surface area (Å²) < 4.78 is 11.0. The Balaban J connectivity index is 1.50. The molecule has 0 aromatic heterocycles. The molecule has 0 bridgehead atoms. The first-order chi connectivity index (χ1) is 15.9. The minimum Gasteiger partial charge on any atom is -0.479 e. The molecule has 2 unspecified atom stereocenters. The fraction of sp³-hybridized carbons (Fsp3) is 0.375. The zero-order chi connectivity index (χ0) is 23.8. The molecule has 33 heavy (non-hydrogen) atoms. The molecule has 0 spiro atoms. The van der Waals surface area contributed by atoms with Crippen molar-refractivity contribution in [1.82, 2.24) is 10.6 Å². The van der Waals surface area contributed by atoms with Crippen LogP contribution in [0.5, 0.6) is 0 Å². The SMILES string of the molecule is CCOC(CNC(=O)OCC1c2ccccc2-c2ccccc21)CC(=O)NCC(O)C(=O)O. The third-order valence-corrected chi connectivity index (χ3v) is 5.41. The van der Waals surface area contributed by atoms with Crippen LogP contribution in [0.4, 0.5) is 4.79 Å². The number of aliphatic hydroxyl groups is 1. The number of amides is 2. The molecule has 1 aliphatic carbocycles. The number of hydrogen-bond donors (Lipinski definition) is 4. The molecule has 9 nitrogen and oxygen atoms in total. The number of ether oxygens (including phenoxy) is 2. The molecule has 4 N–H and O–H groups in total. The van der Waals surface area contributed by atoms with Gasteiger partial charge in [0.25, 0.3) is 0 Å². The molecule has 0 saturated heterocycles.